The number of hydrogen-bond acceptors (Lipinski definition) is 3. The second kappa shape index (κ2) is 6.79. The number of nitrogens with zero attached hydrogens (tertiary/aromatic N) is 1. The smallest absolute Gasteiger partial charge is 0.231 e. The van der Waals surface area contributed by atoms with Crippen LogP contribution in [0.25, 0.3) is 0 Å². The van der Waals surface area contributed by atoms with Crippen LogP contribution in [0.4, 0.5) is 5.69 Å². The molecule has 2 aromatic carbocycles. The number of carbonyl (C=O) groups is 1. The number of likely N-dealkylation sites (N-methyl/N-ethyl adjacent to an activating group) is 1. The van der Waals surface area contributed by atoms with Crippen LogP contribution < -0.4 is 9.64 Å². The Bertz CT molecular complexity index is 625. The third-order valence-corrected chi connectivity index (χ3v) is 3.25. The van der Waals surface area contributed by atoms with Crippen LogP contribution in [0, 0.1) is 0 Å². The minimum Gasteiger partial charge on any atom is -0.508 e. The van der Waals surface area contributed by atoms with Crippen LogP contribution in [0.15, 0.2) is 48.5 Å². The van der Waals surface area contributed by atoms with Gasteiger partial charge in [-0.15, -0.1) is 0 Å². The Morgan fingerprint density at radius 1 is 1.19 bits per heavy atom. The highest BCUT2D eigenvalue weighted by Crippen LogP contribution is 2.21. The van der Waals surface area contributed by atoms with Gasteiger partial charge in [0.15, 0.2) is 0 Å². The molecule has 2 rings (SSSR count). The summed E-state index contributed by atoms with van der Waals surface area (Å²) in [6, 6.07) is 14.2. The molecule has 0 fully saturated rings. The molecule has 110 valence electrons. The van der Waals surface area contributed by atoms with Crippen molar-refractivity contribution in [3.63, 3.8) is 0 Å². The molecule has 0 spiro atoms. The zero-order chi connectivity index (χ0) is 15.2. The fourth-order valence-corrected chi connectivity index (χ4v) is 2.22. The van der Waals surface area contributed by atoms with E-state index in [0.717, 1.165) is 11.3 Å². The summed E-state index contributed by atoms with van der Waals surface area (Å²) < 4.78 is 5.17. The maximum Gasteiger partial charge on any atom is 0.231 e. The highest BCUT2D eigenvalue weighted by molar-refractivity contribution is 5.94. The van der Waals surface area contributed by atoms with Gasteiger partial charge in [-0.2, -0.15) is 0 Å². The van der Waals surface area contributed by atoms with Crippen LogP contribution >= 0.6 is 0 Å². The number of aromatic hydroxyl groups is 1. The van der Waals surface area contributed by atoms with Crippen molar-refractivity contribution >= 4 is 11.6 Å². The van der Waals surface area contributed by atoms with E-state index in [1.54, 1.807) is 30.2 Å². The van der Waals surface area contributed by atoms with Crippen LogP contribution in [-0.4, -0.2) is 24.7 Å². The number of phenolic OH excluding ortho intramolecular Hbond substituents is 1. The molecule has 1 N–H and O–H groups in total. The number of benzene rings is 2. The van der Waals surface area contributed by atoms with Crippen LogP contribution in [0.5, 0.6) is 11.5 Å². The predicted molar refractivity (Wildman–Crippen MR) is 82.8 cm³/mol. The maximum absolute atomic E-state index is 12.5. The van der Waals surface area contributed by atoms with Crippen molar-refractivity contribution in [2.24, 2.45) is 0 Å². The first-order chi connectivity index (χ1) is 10.1. The quantitative estimate of drug-likeness (QED) is 0.918. The Hall–Kier alpha value is -2.49. The molecule has 4 nitrogen and oxygen atoms in total. The summed E-state index contributed by atoms with van der Waals surface area (Å²) >= 11 is 0. The van der Waals surface area contributed by atoms with E-state index in [0.29, 0.717) is 18.7 Å². The Morgan fingerprint density at radius 3 is 2.62 bits per heavy atom. The van der Waals surface area contributed by atoms with Crippen molar-refractivity contribution in [1.29, 1.82) is 0 Å². The molecule has 0 radical (unpaired) electrons. The Kier molecular flexibility index (Phi) is 4.82. The fraction of sp³-hybridized carbons (Fsp3) is 0.235. The summed E-state index contributed by atoms with van der Waals surface area (Å²) in [5.41, 5.74) is 1.60. The maximum atomic E-state index is 12.5. The summed E-state index contributed by atoms with van der Waals surface area (Å²) in [6.07, 6.45) is 0.292. The molecule has 21 heavy (non-hydrogen) atoms. The first-order valence-corrected chi connectivity index (χ1v) is 6.86. The molecule has 0 atom stereocenters. The van der Waals surface area contributed by atoms with Crippen molar-refractivity contribution in [3.05, 3.63) is 54.1 Å². The molecule has 0 unspecified atom stereocenters. The monoisotopic (exact) mass is 285 g/mol. The molecule has 0 aliphatic rings. The molecule has 0 aromatic heterocycles. The van der Waals surface area contributed by atoms with Gasteiger partial charge in [-0.25, -0.2) is 0 Å². The molecule has 1 amide bonds. The standard InChI is InChI=1S/C17H19NO3/c1-3-18(14-7-5-8-15(19)12-14)17(20)11-13-6-4-9-16(10-13)21-2/h4-10,12,19H,3,11H2,1-2H3. The van der Waals surface area contributed by atoms with Gasteiger partial charge in [0.25, 0.3) is 0 Å². The predicted octanol–water partition coefficient (Wildman–Crippen LogP) is 3.00. The molecule has 0 aliphatic heterocycles. The first-order valence-electron chi connectivity index (χ1n) is 6.86. The number of hydrogen-bond donors (Lipinski definition) is 1. The summed E-state index contributed by atoms with van der Waals surface area (Å²) in [5.74, 6) is 0.872. The van der Waals surface area contributed by atoms with Gasteiger partial charge in [0.1, 0.15) is 11.5 Å². The second-order valence-electron chi connectivity index (χ2n) is 4.69. The number of ether oxygens (including phenoxy) is 1. The normalized spacial score (nSPS) is 10.2. The van der Waals surface area contributed by atoms with Gasteiger partial charge in [0, 0.05) is 18.3 Å². The van der Waals surface area contributed by atoms with Crippen LogP contribution in [0.1, 0.15) is 12.5 Å². The molecule has 2 aromatic rings. The molecule has 0 heterocycles. The van der Waals surface area contributed by atoms with E-state index in [1.165, 1.54) is 0 Å². The SMILES string of the molecule is CCN(C(=O)Cc1cccc(OC)c1)c1cccc(O)c1. The van der Waals surface area contributed by atoms with E-state index in [4.69, 9.17) is 4.74 Å². The molecule has 0 saturated heterocycles. The van der Waals surface area contributed by atoms with Gasteiger partial charge in [-0.05, 0) is 36.8 Å². The average Bonchev–Trinajstić information content (AvgIpc) is 2.48. The zero-order valence-corrected chi connectivity index (χ0v) is 12.2. The number of amides is 1. The van der Waals surface area contributed by atoms with Crippen LogP contribution in [-0.2, 0) is 11.2 Å². The van der Waals surface area contributed by atoms with E-state index in [2.05, 4.69) is 0 Å². The highest BCUT2D eigenvalue weighted by Gasteiger charge is 2.15. The average molecular weight is 285 g/mol. The lowest BCUT2D eigenvalue weighted by molar-refractivity contribution is -0.117. The first kappa shape index (κ1) is 14.9. The Balaban J connectivity index is 2.16. The number of methoxy groups -OCH3 is 1. The number of rotatable bonds is 5. The molecule has 4 heteroatoms. The molecular weight excluding hydrogens is 266 g/mol. The van der Waals surface area contributed by atoms with Gasteiger partial charge in [0.2, 0.25) is 5.91 Å². The third kappa shape index (κ3) is 3.75. The van der Waals surface area contributed by atoms with Gasteiger partial charge in [-0.3, -0.25) is 4.79 Å². The van der Waals surface area contributed by atoms with Crippen LogP contribution in [0.3, 0.4) is 0 Å². The van der Waals surface area contributed by atoms with Crippen LogP contribution in [0.2, 0.25) is 0 Å². The minimum absolute atomic E-state index is 0.0173. The summed E-state index contributed by atoms with van der Waals surface area (Å²) in [4.78, 5) is 14.1. The fourth-order valence-electron chi connectivity index (χ4n) is 2.22. The summed E-state index contributed by atoms with van der Waals surface area (Å²) in [6.45, 7) is 2.46. The topological polar surface area (TPSA) is 49.8 Å². The Morgan fingerprint density at radius 2 is 1.95 bits per heavy atom. The van der Waals surface area contributed by atoms with Crippen molar-refractivity contribution in [1.82, 2.24) is 0 Å². The molecule has 0 saturated carbocycles. The Labute approximate surface area is 124 Å². The number of carbonyl (C=O) groups excluding carboxylic acids is 1. The van der Waals surface area contributed by atoms with Gasteiger partial charge >= 0.3 is 0 Å². The summed E-state index contributed by atoms with van der Waals surface area (Å²) in [5, 5.41) is 9.54. The second-order valence-corrected chi connectivity index (χ2v) is 4.69. The lowest BCUT2D eigenvalue weighted by Crippen LogP contribution is -2.31. The highest BCUT2D eigenvalue weighted by atomic mass is 16.5. The lowest BCUT2D eigenvalue weighted by Gasteiger charge is -2.21. The van der Waals surface area contributed by atoms with E-state index >= 15 is 0 Å². The van der Waals surface area contributed by atoms with E-state index in [1.807, 2.05) is 37.3 Å². The molecule has 0 bridgehead atoms. The van der Waals surface area contributed by atoms with E-state index < -0.39 is 0 Å². The molecular formula is C17H19NO3. The van der Waals surface area contributed by atoms with Crippen molar-refractivity contribution in [3.8, 4) is 11.5 Å². The lowest BCUT2D eigenvalue weighted by atomic mass is 10.1. The van der Waals surface area contributed by atoms with E-state index in [-0.39, 0.29) is 11.7 Å². The van der Waals surface area contributed by atoms with E-state index in [9.17, 15) is 9.90 Å². The van der Waals surface area contributed by atoms with Gasteiger partial charge < -0.3 is 14.7 Å². The largest absolute Gasteiger partial charge is 0.508 e. The molecule has 0 aliphatic carbocycles. The minimum atomic E-state index is -0.0173. The van der Waals surface area contributed by atoms with Crippen molar-refractivity contribution in [2.45, 2.75) is 13.3 Å². The summed E-state index contributed by atoms with van der Waals surface area (Å²) in [7, 11) is 1.60. The number of anilines is 1. The third-order valence-electron chi connectivity index (χ3n) is 3.25. The van der Waals surface area contributed by atoms with Gasteiger partial charge in [0.05, 0.1) is 13.5 Å². The zero-order valence-electron chi connectivity index (χ0n) is 12.2. The van der Waals surface area contributed by atoms with Crippen molar-refractivity contribution < 1.29 is 14.6 Å². The number of phenols is 1. The van der Waals surface area contributed by atoms with Crippen molar-refractivity contribution in [2.75, 3.05) is 18.6 Å². The van der Waals surface area contributed by atoms with Gasteiger partial charge in [-0.1, -0.05) is 18.2 Å².